The Morgan fingerprint density at radius 2 is 1.96 bits per heavy atom. The SMILES string of the molecule is CCOC1CC(N)(C(=O)N(C)Cc2ccc(OC)cc2OC)C1(C)C.Cl. The van der Waals surface area contributed by atoms with E-state index in [4.69, 9.17) is 19.9 Å². The minimum atomic E-state index is -0.915. The van der Waals surface area contributed by atoms with E-state index >= 15 is 0 Å². The van der Waals surface area contributed by atoms with Crippen LogP contribution in [0, 0.1) is 5.41 Å². The largest absolute Gasteiger partial charge is 0.497 e. The van der Waals surface area contributed by atoms with E-state index in [0.29, 0.717) is 31.1 Å². The number of nitrogens with zero attached hydrogens (tertiary/aromatic N) is 1. The van der Waals surface area contributed by atoms with Gasteiger partial charge in [-0.15, -0.1) is 12.4 Å². The van der Waals surface area contributed by atoms with Crippen LogP contribution in [0.3, 0.4) is 0 Å². The number of nitrogens with two attached hydrogens (primary N) is 1. The molecule has 1 aromatic carbocycles. The van der Waals surface area contributed by atoms with Gasteiger partial charge in [0.15, 0.2) is 0 Å². The molecular formula is C19H31ClN2O4. The number of carbonyl (C=O) groups is 1. The highest BCUT2D eigenvalue weighted by molar-refractivity contribution is 5.88. The van der Waals surface area contributed by atoms with E-state index in [0.717, 1.165) is 5.56 Å². The predicted molar refractivity (Wildman–Crippen MR) is 104 cm³/mol. The molecule has 148 valence electrons. The summed E-state index contributed by atoms with van der Waals surface area (Å²) in [6.45, 7) is 6.99. The molecule has 2 rings (SSSR count). The number of likely N-dealkylation sites (N-methyl/N-ethyl adjacent to an activating group) is 1. The lowest BCUT2D eigenvalue weighted by atomic mass is 9.54. The topological polar surface area (TPSA) is 74.0 Å². The first-order valence-corrected chi connectivity index (χ1v) is 8.58. The van der Waals surface area contributed by atoms with E-state index in [1.807, 2.05) is 39.0 Å². The first kappa shape index (κ1) is 22.5. The fourth-order valence-corrected chi connectivity index (χ4v) is 3.45. The Labute approximate surface area is 162 Å². The Morgan fingerprint density at radius 1 is 1.31 bits per heavy atom. The van der Waals surface area contributed by atoms with Crippen LogP contribution >= 0.6 is 12.4 Å². The monoisotopic (exact) mass is 386 g/mol. The van der Waals surface area contributed by atoms with Gasteiger partial charge in [-0.05, 0) is 19.1 Å². The number of halogens is 1. The Kier molecular flexibility index (Phi) is 7.33. The van der Waals surface area contributed by atoms with Crippen molar-refractivity contribution in [1.29, 1.82) is 0 Å². The minimum Gasteiger partial charge on any atom is -0.497 e. The molecule has 0 heterocycles. The fraction of sp³-hybridized carbons (Fsp3) is 0.632. The van der Waals surface area contributed by atoms with Crippen LogP contribution in [0.1, 0.15) is 32.8 Å². The molecule has 26 heavy (non-hydrogen) atoms. The van der Waals surface area contributed by atoms with Crippen LogP contribution in [-0.4, -0.2) is 50.3 Å². The van der Waals surface area contributed by atoms with Gasteiger partial charge in [0.25, 0.3) is 0 Å². The number of amides is 1. The van der Waals surface area contributed by atoms with Gasteiger partial charge in [-0.2, -0.15) is 0 Å². The number of hydrogen-bond donors (Lipinski definition) is 1. The predicted octanol–water partition coefficient (Wildman–Crippen LogP) is 2.62. The summed E-state index contributed by atoms with van der Waals surface area (Å²) < 4.78 is 16.3. The second kappa shape index (κ2) is 8.46. The normalized spacial score (nSPS) is 23.4. The van der Waals surface area contributed by atoms with Crippen molar-refractivity contribution in [2.24, 2.45) is 11.1 Å². The lowest BCUT2D eigenvalue weighted by molar-refractivity contribution is -0.178. The van der Waals surface area contributed by atoms with Crippen LogP contribution in [0.25, 0.3) is 0 Å². The van der Waals surface area contributed by atoms with E-state index < -0.39 is 11.0 Å². The standard InChI is InChI=1S/C19H30N2O4.ClH/c1-7-25-16-11-19(20,18(16,2)3)17(22)21(4)12-13-8-9-14(23-5)10-15(13)24-6;/h8-10,16H,7,11-12,20H2,1-6H3;1H. The first-order chi connectivity index (χ1) is 11.7. The number of benzene rings is 1. The summed E-state index contributed by atoms with van der Waals surface area (Å²) in [5.41, 5.74) is 6.08. The second-order valence-corrected chi connectivity index (χ2v) is 7.18. The summed E-state index contributed by atoms with van der Waals surface area (Å²) in [4.78, 5) is 14.7. The van der Waals surface area contributed by atoms with E-state index in [2.05, 4.69) is 0 Å². The van der Waals surface area contributed by atoms with Crippen LogP contribution in [-0.2, 0) is 16.1 Å². The molecule has 2 atom stereocenters. The molecule has 1 saturated carbocycles. The van der Waals surface area contributed by atoms with Crippen molar-refractivity contribution in [3.05, 3.63) is 23.8 Å². The summed E-state index contributed by atoms with van der Waals surface area (Å²) in [6.07, 6.45) is 0.548. The molecule has 1 aliphatic carbocycles. The van der Waals surface area contributed by atoms with Gasteiger partial charge in [0.1, 0.15) is 17.0 Å². The van der Waals surface area contributed by atoms with Gasteiger partial charge in [0.05, 0.1) is 20.3 Å². The minimum absolute atomic E-state index is 0. The van der Waals surface area contributed by atoms with Gasteiger partial charge in [-0.3, -0.25) is 4.79 Å². The molecule has 2 N–H and O–H groups in total. The third kappa shape index (κ3) is 3.77. The highest BCUT2D eigenvalue weighted by Crippen LogP contribution is 2.50. The van der Waals surface area contributed by atoms with Crippen LogP contribution in [0.5, 0.6) is 11.5 Å². The lowest BCUT2D eigenvalue weighted by Gasteiger charge is -2.58. The number of rotatable bonds is 7. The van der Waals surface area contributed by atoms with Crippen LogP contribution in [0.2, 0.25) is 0 Å². The maximum absolute atomic E-state index is 13.0. The molecule has 0 spiro atoms. The highest BCUT2D eigenvalue weighted by Gasteiger charge is 2.63. The smallest absolute Gasteiger partial charge is 0.243 e. The summed E-state index contributed by atoms with van der Waals surface area (Å²) in [7, 11) is 4.98. The average molecular weight is 387 g/mol. The molecule has 2 unspecified atom stereocenters. The van der Waals surface area contributed by atoms with E-state index in [1.54, 1.807) is 26.2 Å². The zero-order valence-corrected chi connectivity index (χ0v) is 17.3. The van der Waals surface area contributed by atoms with Crippen molar-refractivity contribution >= 4 is 18.3 Å². The Balaban J connectivity index is 0.00000338. The third-order valence-electron chi connectivity index (χ3n) is 5.46. The molecule has 1 aromatic rings. The van der Waals surface area contributed by atoms with Crippen molar-refractivity contribution in [3.63, 3.8) is 0 Å². The molecule has 0 bridgehead atoms. The van der Waals surface area contributed by atoms with Crippen molar-refractivity contribution in [2.75, 3.05) is 27.9 Å². The average Bonchev–Trinajstić information content (AvgIpc) is 2.60. The van der Waals surface area contributed by atoms with Gasteiger partial charge in [0, 0.05) is 43.7 Å². The fourth-order valence-electron chi connectivity index (χ4n) is 3.45. The maximum Gasteiger partial charge on any atom is 0.243 e. The second-order valence-electron chi connectivity index (χ2n) is 7.18. The molecule has 1 fully saturated rings. The lowest BCUT2D eigenvalue weighted by Crippen LogP contribution is -2.75. The first-order valence-electron chi connectivity index (χ1n) is 8.58. The Bertz CT molecular complexity index is 638. The van der Waals surface area contributed by atoms with Crippen molar-refractivity contribution < 1.29 is 19.0 Å². The summed E-state index contributed by atoms with van der Waals surface area (Å²) in [5.74, 6) is 1.32. The zero-order chi connectivity index (χ0) is 18.8. The van der Waals surface area contributed by atoms with Gasteiger partial charge in [0.2, 0.25) is 5.91 Å². The van der Waals surface area contributed by atoms with E-state index in [9.17, 15) is 4.79 Å². The molecule has 1 aliphatic rings. The summed E-state index contributed by atoms with van der Waals surface area (Å²) >= 11 is 0. The molecule has 1 amide bonds. The molecule has 0 aromatic heterocycles. The number of hydrogen-bond acceptors (Lipinski definition) is 5. The highest BCUT2D eigenvalue weighted by atomic mass is 35.5. The van der Waals surface area contributed by atoms with Crippen LogP contribution in [0.4, 0.5) is 0 Å². The third-order valence-corrected chi connectivity index (χ3v) is 5.46. The van der Waals surface area contributed by atoms with Gasteiger partial charge >= 0.3 is 0 Å². The number of ether oxygens (including phenoxy) is 3. The van der Waals surface area contributed by atoms with E-state index in [-0.39, 0.29) is 24.4 Å². The zero-order valence-electron chi connectivity index (χ0n) is 16.5. The van der Waals surface area contributed by atoms with Crippen molar-refractivity contribution in [3.8, 4) is 11.5 Å². The van der Waals surface area contributed by atoms with Crippen molar-refractivity contribution in [2.45, 2.75) is 45.4 Å². The van der Waals surface area contributed by atoms with Crippen LogP contribution < -0.4 is 15.2 Å². The molecule has 6 nitrogen and oxygen atoms in total. The quantitative estimate of drug-likeness (QED) is 0.779. The molecule has 7 heteroatoms. The number of methoxy groups -OCH3 is 2. The number of carbonyl (C=O) groups excluding carboxylic acids is 1. The van der Waals surface area contributed by atoms with Gasteiger partial charge in [-0.25, -0.2) is 0 Å². The maximum atomic E-state index is 13.0. The van der Waals surface area contributed by atoms with Crippen LogP contribution in [0.15, 0.2) is 18.2 Å². The summed E-state index contributed by atoms with van der Waals surface area (Å²) in [5, 5.41) is 0. The molecular weight excluding hydrogens is 356 g/mol. The van der Waals surface area contributed by atoms with E-state index in [1.165, 1.54) is 0 Å². The molecule has 0 aliphatic heterocycles. The van der Waals surface area contributed by atoms with Gasteiger partial charge < -0.3 is 24.8 Å². The van der Waals surface area contributed by atoms with Crippen molar-refractivity contribution in [1.82, 2.24) is 4.90 Å². The summed E-state index contributed by atoms with van der Waals surface area (Å²) in [6, 6.07) is 5.57. The Morgan fingerprint density at radius 3 is 2.46 bits per heavy atom. The Hall–Kier alpha value is -1.50. The van der Waals surface area contributed by atoms with Gasteiger partial charge in [-0.1, -0.05) is 13.8 Å². The molecule has 0 radical (unpaired) electrons. The molecule has 0 saturated heterocycles.